The highest BCUT2D eigenvalue weighted by Crippen LogP contribution is 2.01. The van der Waals surface area contributed by atoms with E-state index in [1.807, 2.05) is 5.16 Å². The van der Waals surface area contributed by atoms with Gasteiger partial charge in [0.25, 0.3) is 0 Å². The summed E-state index contributed by atoms with van der Waals surface area (Å²) in [6, 6.07) is -0.947. The number of aliphatic imine (C=N–C) groups is 1. The van der Waals surface area contributed by atoms with Crippen LogP contribution >= 0.6 is 12.2 Å². The van der Waals surface area contributed by atoms with Gasteiger partial charge in [-0.3, -0.25) is 0 Å². The number of rotatable bonds is 4. The van der Waals surface area contributed by atoms with Gasteiger partial charge >= 0.3 is 5.97 Å². The summed E-state index contributed by atoms with van der Waals surface area (Å²) in [5, 5.41) is 10.6. The SMILES string of the molecule is CO[C@H](C)[C@H](N=C=S)C(=O)O. The minimum Gasteiger partial charge on any atom is -0.480 e. The van der Waals surface area contributed by atoms with Gasteiger partial charge in [-0.25, -0.2) is 9.79 Å². The van der Waals surface area contributed by atoms with Crippen molar-refractivity contribution in [1.82, 2.24) is 0 Å². The van der Waals surface area contributed by atoms with Crippen molar-refractivity contribution < 1.29 is 14.6 Å². The third-order valence-corrected chi connectivity index (χ3v) is 1.37. The molecule has 0 aromatic rings. The normalized spacial score (nSPS) is 14.7. The zero-order valence-corrected chi connectivity index (χ0v) is 7.09. The van der Waals surface area contributed by atoms with Gasteiger partial charge in [0.15, 0.2) is 6.04 Å². The second-order valence-corrected chi connectivity index (χ2v) is 2.13. The molecule has 0 bridgehead atoms. The van der Waals surface area contributed by atoms with Gasteiger partial charge in [0.05, 0.1) is 11.3 Å². The molecule has 11 heavy (non-hydrogen) atoms. The smallest absolute Gasteiger partial charge is 0.332 e. The lowest BCUT2D eigenvalue weighted by molar-refractivity contribution is -0.141. The van der Waals surface area contributed by atoms with Crippen molar-refractivity contribution in [1.29, 1.82) is 0 Å². The van der Waals surface area contributed by atoms with Crippen molar-refractivity contribution in [3.8, 4) is 0 Å². The Bertz CT molecular complexity index is 186. The zero-order valence-electron chi connectivity index (χ0n) is 6.27. The van der Waals surface area contributed by atoms with Crippen molar-refractivity contribution in [2.45, 2.75) is 19.1 Å². The van der Waals surface area contributed by atoms with E-state index >= 15 is 0 Å². The molecule has 2 atom stereocenters. The number of ether oxygens (including phenoxy) is 1. The molecular weight excluding hydrogens is 166 g/mol. The molecule has 0 fully saturated rings. The van der Waals surface area contributed by atoms with Crippen molar-refractivity contribution in [2.75, 3.05) is 7.11 Å². The average Bonchev–Trinajstić information content (AvgIpc) is 1.98. The summed E-state index contributed by atoms with van der Waals surface area (Å²) >= 11 is 4.28. The minimum atomic E-state index is -1.06. The van der Waals surface area contributed by atoms with Crippen LogP contribution in [0.3, 0.4) is 0 Å². The Labute approximate surface area is 69.9 Å². The summed E-state index contributed by atoms with van der Waals surface area (Å²) in [5.41, 5.74) is 0. The molecule has 0 aromatic heterocycles. The van der Waals surface area contributed by atoms with E-state index in [1.54, 1.807) is 6.92 Å². The highest BCUT2D eigenvalue weighted by molar-refractivity contribution is 7.78. The molecule has 0 aliphatic carbocycles. The van der Waals surface area contributed by atoms with Gasteiger partial charge in [-0.2, -0.15) is 0 Å². The Morgan fingerprint density at radius 2 is 2.36 bits per heavy atom. The van der Waals surface area contributed by atoms with Crippen LogP contribution in [0.15, 0.2) is 4.99 Å². The average molecular weight is 175 g/mol. The van der Waals surface area contributed by atoms with E-state index < -0.39 is 18.1 Å². The topological polar surface area (TPSA) is 58.9 Å². The highest BCUT2D eigenvalue weighted by Gasteiger charge is 2.22. The largest absolute Gasteiger partial charge is 0.480 e. The number of carbonyl (C=O) groups is 1. The van der Waals surface area contributed by atoms with Crippen molar-refractivity contribution in [3.05, 3.63) is 0 Å². The molecule has 62 valence electrons. The van der Waals surface area contributed by atoms with Gasteiger partial charge < -0.3 is 9.84 Å². The molecule has 1 N–H and O–H groups in total. The fraction of sp³-hybridized carbons (Fsp3) is 0.667. The third kappa shape index (κ3) is 3.23. The van der Waals surface area contributed by atoms with Gasteiger partial charge in [0, 0.05) is 7.11 Å². The lowest BCUT2D eigenvalue weighted by Crippen LogP contribution is -2.31. The first kappa shape index (κ1) is 10.2. The van der Waals surface area contributed by atoms with Gasteiger partial charge in [-0.15, -0.1) is 0 Å². The van der Waals surface area contributed by atoms with Gasteiger partial charge in [0.2, 0.25) is 0 Å². The van der Waals surface area contributed by atoms with E-state index in [4.69, 9.17) is 9.84 Å². The predicted octanol–water partition coefficient (Wildman–Crippen LogP) is 0.577. The summed E-state index contributed by atoms with van der Waals surface area (Å²) in [6.45, 7) is 1.61. The Morgan fingerprint density at radius 3 is 2.64 bits per heavy atom. The maximum absolute atomic E-state index is 10.4. The summed E-state index contributed by atoms with van der Waals surface area (Å²) in [6.07, 6.45) is -0.483. The summed E-state index contributed by atoms with van der Waals surface area (Å²) in [7, 11) is 1.42. The lowest BCUT2D eigenvalue weighted by Gasteiger charge is -2.12. The van der Waals surface area contributed by atoms with Crippen LogP contribution in [0.4, 0.5) is 0 Å². The van der Waals surface area contributed by atoms with E-state index in [0.717, 1.165) is 0 Å². The van der Waals surface area contributed by atoms with Gasteiger partial charge in [0.1, 0.15) is 0 Å². The molecule has 0 saturated heterocycles. The Kier molecular flexibility index (Phi) is 4.61. The number of hydrogen-bond acceptors (Lipinski definition) is 4. The summed E-state index contributed by atoms with van der Waals surface area (Å²) in [4.78, 5) is 13.9. The number of methoxy groups -OCH3 is 1. The molecule has 0 aliphatic heterocycles. The molecule has 0 heterocycles. The predicted molar refractivity (Wildman–Crippen MR) is 42.9 cm³/mol. The van der Waals surface area contributed by atoms with Crippen LogP contribution in [0.2, 0.25) is 0 Å². The van der Waals surface area contributed by atoms with Crippen LogP contribution in [0.5, 0.6) is 0 Å². The Hall–Kier alpha value is -0.770. The molecular formula is C6H9NO3S. The molecule has 0 spiro atoms. The van der Waals surface area contributed by atoms with Crippen molar-refractivity contribution in [2.24, 2.45) is 4.99 Å². The molecule has 4 nitrogen and oxygen atoms in total. The highest BCUT2D eigenvalue weighted by atomic mass is 32.1. The number of nitrogens with zero attached hydrogens (tertiary/aromatic N) is 1. The Morgan fingerprint density at radius 1 is 1.82 bits per heavy atom. The van der Waals surface area contributed by atoms with Crippen molar-refractivity contribution >= 4 is 23.3 Å². The minimum absolute atomic E-state index is 0.483. The molecule has 5 heteroatoms. The summed E-state index contributed by atoms with van der Waals surface area (Å²) < 4.78 is 4.77. The quantitative estimate of drug-likeness (QED) is 0.501. The molecule has 0 saturated carbocycles. The van der Waals surface area contributed by atoms with Crippen molar-refractivity contribution in [3.63, 3.8) is 0 Å². The van der Waals surface area contributed by atoms with Crippen LogP contribution < -0.4 is 0 Å². The Balaban J connectivity index is 4.32. The third-order valence-electron chi connectivity index (χ3n) is 1.26. The van der Waals surface area contributed by atoms with Crippen LogP contribution in [-0.4, -0.2) is 35.5 Å². The van der Waals surface area contributed by atoms with E-state index in [2.05, 4.69) is 17.2 Å². The second-order valence-electron chi connectivity index (χ2n) is 1.94. The molecule has 0 unspecified atom stereocenters. The van der Waals surface area contributed by atoms with Crippen LogP contribution in [0.1, 0.15) is 6.92 Å². The molecule has 0 radical (unpaired) electrons. The van der Waals surface area contributed by atoms with E-state index in [1.165, 1.54) is 7.11 Å². The van der Waals surface area contributed by atoms with Gasteiger partial charge in [-0.1, -0.05) is 0 Å². The standard InChI is InChI=1S/C6H9NO3S/c1-4(10-2)5(6(8)9)7-3-11/h4-5H,1-2H3,(H,8,9)/t4-,5+/m1/s1. The number of carboxylic acid groups (broad SMARTS) is 1. The molecule has 0 aliphatic rings. The fourth-order valence-electron chi connectivity index (χ4n) is 0.547. The molecule has 0 rings (SSSR count). The first-order valence-corrected chi connectivity index (χ1v) is 3.37. The lowest BCUT2D eigenvalue weighted by atomic mass is 10.2. The molecule has 0 amide bonds. The summed E-state index contributed by atoms with van der Waals surface area (Å²) in [5.74, 6) is -1.06. The first-order valence-electron chi connectivity index (χ1n) is 2.96. The van der Waals surface area contributed by atoms with E-state index in [-0.39, 0.29) is 0 Å². The number of hydrogen-bond donors (Lipinski definition) is 1. The second kappa shape index (κ2) is 4.96. The van der Waals surface area contributed by atoms with Crippen LogP contribution in [-0.2, 0) is 9.53 Å². The number of carboxylic acids is 1. The fourth-order valence-corrected chi connectivity index (χ4v) is 0.660. The monoisotopic (exact) mass is 175 g/mol. The van der Waals surface area contributed by atoms with E-state index in [0.29, 0.717) is 0 Å². The maximum atomic E-state index is 10.4. The van der Waals surface area contributed by atoms with Crippen LogP contribution in [0, 0.1) is 0 Å². The van der Waals surface area contributed by atoms with Crippen LogP contribution in [0.25, 0.3) is 0 Å². The number of thiocarbonyl (C=S) groups is 1. The first-order chi connectivity index (χ1) is 5.13. The number of isothiocyanates is 1. The zero-order chi connectivity index (χ0) is 8.85. The molecule has 0 aromatic carbocycles. The van der Waals surface area contributed by atoms with Gasteiger partial charge in [-0.05, 0) is 19.1 Å². The number of aliphatic carboxylic acids is 1. The maximum Gasteiger partial charge on any atom is 0.332 e. The van der Waals surface area contributed by atoms with E-state index in [9.17, 15) is 4.79 Å².